The summed E-state index contributed by atoms with van der Waals surface area (Å²) in [5.74, 6) is -2.19. The summed E-state index contributed by atoms with van der Waals surface area (Å²) < 4.78 is 0. The zero-order chi connectivity index (χ0) is 30.8. The summed E-state index contributed by atoms with van der Waals surface area (Å²) in [7, 11) is 0. The fourth-order valence-corrected chi connectivity index (χ4v) is 6.62. The third-order valence-corrected chi connectivity index (χ3v) is 9.66. The van der Waals surface area contributed by atoms with Crippen LogP contribution in [0.5, 0.6) is 0 Å². The molecule has 0 aromatic rings. The van der Waals surface area contributed by atoms with E-state index < -0.39 is 5.91 Å². The molecule has 0 saturated carbocycles. The third kappa shape index (κ3) is 32.8. The van der Waals surface area contributed by atoms with E-state index in [2.05, 4.69) is 13.8 Å². The van der Waals surface area contributed by atoms with E-state index in [4.69, 9.17) is 5.73 Å². The number of hydrogen-bond donors (Lipinski definition) is 3. The summed E-state index contributed by atoms with van der Waals surface area (Å²) in [5, 5.41) is 20.1. The quantitative estimate of drug-likeness (QED) is 0.0498. The lowest BCUT2D eigenvalue weighted by Crippen LogP contribution is -2.47. The van der Waals surface area contributed by atoms with E-state index in [1.807, 2.05) is 0 Å². The van der Waals surface area contributed by atoms with Gasteiger partial charge in [-0.2, -0.15) is 0 Å². The van der Waals surface area contributed by atoms with Gasteiger partial charge in [0.2, 0.25) is 5.91 Å². The fourth-order valence-electron chi connectivity index (χ4n) is 6.62. The molecule has 0 aromatic heterocycles. The van der Waals surface area contributed by atoms with Crippen LogP contribution in [0.15, 0.2) is 0 Å². The average Bonchev–Trinajstić information content (AvgIpc) is 2.96. The van der Waals surface area contributed by atoms with Crippen LogP contribution in [0.2, 0.25) is 0 Å². The van der Waals surface area contributed by atoms with Crippen molar-refractivity contribution in [3.8, 4) is 0 Å². The van der Waals surface area contributed by atoms with Crippen LogP contribution in [0.3, 0.4) is 0 Å². The summed E-state index contributed by atoms with van der Waals surface area (Å²) >= 11 is 0. The number of aliphatic hydroxyl groups is 2. The summed E-state index contributed by atoms with van der Waals surface area (Å²) in [5.41, 5.74) is 5.73. The number of hydrogen-bond acceptors (Lipinski definition) is 3. The molecule has 1 atom stereocenters. The first-order valence-electron chi connectivity index (χ1n) is 19.8. The Hall–Kier alpha value is -0.120. The molecule has 0 heterocycles. The first-order valence-corrected chi connectivity index (χ1v) is 19.8. The Balaban J connectivity index is 3.48. The Bertz CT molecular complexity index is 489. The van der Waals surface area contributed by atoms with Crippen molar-refractivity contribution in [2.75, 3.05) is 0 Å². The van der Waals surface area contributed by atoms with Gasteiger partial charge in [-0.1, -0.05) is 226 Å². The first-order chi connectivity index (χ1) is 20.5. The number of nitrogens with two attached hydrogens (primary N) is 1. The maximum absolute atomic E-state index is 10.1. The summed E-state index contributed by atoms with van der Waals surface area (Å²) in [6.07, 6.45) is 46.8. The van der Waals surface area contributed by atoms with Crippen LogP contribution in [0.25, 0.3) is 0 Å². The van der Waals surface area contributed by atoms with E-state index in [-0.39, 0.29) is 5.92 Å². The molecule has 0 spiro atoms. The molecule has 1 unspecified atom stereocenters. The molecule has 254 valence electrons. The minimum absolute atomic E-state index is 0.180. The van der Waals surface area contributed by atoms with E-state index in [9.17, 15) is 10.2 Å². The van der Waals surface area contributed by atoms with Crippen LogP contribution in [0.1, 0.15) is 239 Å². The molecule has 0 aliphatic heterocycles. The van der Waals surface area contributed by atoms with Crippen molar-refractivity contribution < 1.29 is 10.2 Å². The second kappa shape index (κ2) is 33.8. The van der Waals surface area contributed by atoms with Crippen molar-refractivity contribution in [2.24, 2.45) is 11.7 Å². The molecule has 0 rings (SSSR count). The second-order valence-corrected chi connectivity index (χ2v) is 14.0. The van der Waals surface area contributed by atoms with Gasteiger partial charge in [0.1, 0.15) is 0 Å². The lowest BCUT2D eigenvalue weighted by molar-refractivity contribution is -0.199. The Kier molecular flexibility index (Phi) is 33.7. The van der Waals surface area contributed by atoms with Gasteiger partial charge in [-0.15, -0.1) is 0 Å². The Labute approximate surface area is 266 Å². The Morgan fingerprint density at radius 1 is 0.333 bits per heavy atom. The first kappa shape index (κ1) is 41.9. The van der Waals surface area contributed by atoms with Crippen molar-refractivity contribution in [3.05, 3.63) is 0 Å². The molecular formula is C39H81NO2. The predicted octanol–water partition coefficient (Wildman–Crippen LogP) is 12.9. The molecule has 42 heavy (non-hydrogen) atoms. The van der Waals surface area contributed by atoms with Crippen molar-refractivity contribution in [2.45, 2.75) is 244 Å². The zero-order valence-corrected chi connectivity index (χ0v) is 29.3. The van der Waals surface area contributed by atoms with Crippen LogP contribution in [-0.2, 0) is 0 Å². The SMILES string of the molecule is CCCCCCCCCCCCCCCCCCCC(CCCCCCCCCCCCCCCCCC)C(N)(O)O. The van der Waals surface area contributed by atoms with Gasteiger partial charge in [0.15, 0.2) is 0 Å². The van der Waals surface area contributed by atoms with Crippen molar-refractivity contribution in [1.82, 2.24) is 0 Å². The van der Waals surface area contributed by atoms with Gasteiger partial charge in [0, 0.05) is 5.92 Å². The highest BCUT2D eigenvalue weighted by Crippen LogP contribution is 2.25. The molecule has 0 bridgehead atoms. The topological polar surface area (TPSA) is 66.5 Å². The van der Waals surface area contributed by atoms with E-state index in [0.29, 0.717) is 0 Å². The molecule has 0 amide bonds. The van der Waals surface area contributed by atoms with Gasteiger partial charge in [0.05, 0.1) is 0 Å². The maximum Gasteiger partial charge on any atom is 0.222 e. The molecule has 0 aliphatic rings. The van der Waals surface area contributed by atoms with Gasteiger partial charge in [-0.05, 0) is 12.8 Å². The van der Waals surface area contributed by atoms with Gasteiger partial charge in [-0.25, -0.2) is 0 Å². The molecule has 0 radical (unpaired) electrons. The molecule has 0 fully saturated rings. The van der Waals surface area contributed by atoms with Gasteiger partial charge in [-0.3, -0.25) is 5.73 Å². The predicted molar refractivity (Wildman–Crippen MR) is 188 cm³/mol. The van der Waals surface area contributed by atoms with Gasteiger partial charge in [0.25, 0.3) is 0 Å². The standard InChI is InChI=1S/C39H81NO2/c1-3-5-7-9-11-13-15-17-19-21-23-25-27-29-31-33-35-37-38(39(40,41)42)36-34-32-30-28-26-24-22-20-18-16-14-12-10-8-6-4-2/h38,41-42H,3-37,40H2,1-2H3. The molecule has 3 heteroatoms. The van der Waals surface area contributed by atoms with E-state index in [1.54, 1.807) is 0 Å². The average molecular weight is 596 g/mol. The van der Waals surface area contributed by atoms with Crippen molar-refractivity contribution >= 4 is 0 Å². The van der Waals surface area contributed by atoms with E-state index in [0.717, 1.165) is 25.7 Å². The van der Waals surface area contributed by atoms with E-state index >= 15 is 0 Å². The number of unbranched alkanes of at least 4 members (excludes halogenated alkanes) is 31. The lowest BCUT2D eigenvalue weighted by atomic mass is 9.91. The zero-order valence-electron chi connectivity index (χ0n) is 29.3. The Morgan fingerprint density at radius 3 is 0.667 bits per heavy atom. The third-order valence-electron chi connectivity index (χ3n) is 9.66. The van der Waals surface area contributed by atoms with Crippen molar-refractivity contribution in [1.29, 1.82) is 0 Å². The van der Waals surface area contributed by atoms with Gasteiger partial charge >= 0.3 is 0 Å². The van der Waals surface area contributed by atoms with Crippen LogP contribution in [0, 0.1) is 5.92 Å². The van der Waals surface area contributed by atoms with E-state index in [1.165, 1.54) is 199 Å². The maximum atomic E-state index is 10.1. The molecule has 3 nitrogen and oxygen atoms in total. The summed E-state index contributed by atoms with van der Waals surface area (Å²) in [6.45, 7) is 4.58. The smallest absolute Gasteiger partial charge is 0.222 e. The van der Waals surface area contributed by atoms with Crippen LogP contribution in [0.4, 0.5) is 0 Å². The van der Waals surface area contributed by atoms with Crippen LogP contribution >= 0.6 is 0 Å². The highest BCUT2D eigenvalue weighted by atomic mass is 16.5. The lowest BCUT2D eigenvalue weighted by Gasteiger charge is -2.27. The molecule has 0 aliphatic carbocycles. The molecule has 0 saturated heterocycles. The molecule has 0 aromatic carbocycles. The van der Waals surface area contributed by atoms with Crippen LogP contribution < -0.4 is 5.73 Å². The Morgan fingerprint density at radius 2 is 0.500 bits per heavy atom. The second-order valence-electron chi connectivity index (χ2n) is 14.0. The highest BCUT2D eigenvalue weighted by molar-refractivity contribution is 4.70. The molecular weight excluding hydrogens is 514 g/mol. The normalized spacial score (nSPS) is 12.8. The summed E-state index contributed by atoms with van der Waals surface area (Å²) in [6, 6.07) is 0. The van der Waals surface area contributed by atoms with Crippen molar-refractivity contribution in [3.63, 3.8) is 0 Å². The minimum atomic E-state index is -2.01. The largest absolute Gasteiger partial charge is 0.353 e. The monoisotopic (exact) mass is 596 g/mol. The minimum Gasteiger partial charge on any atom is -0.353 e. The van der Waals surface area contributed by atoms with Crippen LogP contribution in [-0.4, -0.2) is 16.1 Å². The highest BCUT2D eigenvalue weighted by Gasteiger charge is 2.28. The summed E-state index contributed by atoms with van der Waals surface area (Å²) in [4.78, 5) is 0. The van der Waals surface area contributed by atoms with Gasteiger partial charge < -0.3 is 10.2 Å². The fraction of sp³-hybridized carbons (Fsp3) is 1.00. The number of rotatable bonds is 36. The molecule has 4 N–H and O–H groups in total.